The number of benzene rings is 2. The van der Waals surface area contributed by atoms with Crippen LogP contribution < -0.4 is 14.8 Å². The van der Waals surface area contributed by atoms with Gasteiger partial charge in [0.05, 0.1) is 5.69 Å². The molecule has 1 N–H and O–H groups in total. The summed E-state index contributed by atoms with van der Waals surface area (Å²) in [4.78, 5) is 22.5. The molecule has 160 valence electrons. The predicted octanol–water partition coefficient (Wildman–Crippen LogP) is 3.47. The van der Waals surface area contributed by atoms with Gasteiger partial charge < -0.3 is 19.7 Å². The molecule has 1 fully saturated rings. The molecule has 2 aliphatic rings. The maximum atomic E-state index is 13.4. The molecule has 7 nitrogen and oxygen atoms in total. The number of thiazole rings is 1. The Morgan fingerprint density at radius 3 is 2.65 bits per heavy atom. The van der Waals surface area contributed by atoms with Crippen molar-refractivity contribution in [2.45, 2.75) is 6.04 Å². The zero-order valence-electron chi connectivity index (χ0n) is 17.3. The number of carbonyl (C=O) groups excluding carboxylic acids is 1. The van der Waals surface area contributed by atoms with E-state index in [9.17, 15) is 4.79 Å². The van der Waals surface area contributed by atoms with E-state index in [4.69, 9.17) is 9.47 Å². The molecule has 3 aromatic rings. The lowest BCUT2D eigenvalue weighted by molar-refractivity contribution is -0.122. The Labute approximate surface area is 185 Å². The molecule has 2 aromatic carbocycles. The van der Waals surface area contributed by atoms with Crippen molar-refractivity contribution in [1.29, 1.82) is 0 Å². The first-order valence-corrected chi connectivity index (χ1v) is 11.2. The monoisotopic (exact) mass is 436 g/mol. The maximum absolute atomic E-state index is 13.4. The molecule has 8 heteroatoms. The fourth-order valence-corrected chi connectivity index (χ4v) is 4.66. The van der Waals surface area contributed by atoms with Crippen LogP contribution in [0.25, 0.3) is 11.3 Å². The number of piperazine rings is 1. The van der Waals surface area contributed by atoms with Gasteiger partial charge in [-0.2, -0.15) is 0 Å². The second kappa shape index (κ2) is 8.66. The third kappa shape index (κ3) is 4.27. The number of fused-ring (bicyclic) bond motifs is 1. The normalized spacial score (nSPS) is 17.5. The molecule has 1 aromatic heterocycles. The van der Waals surface area contributed by atoms with E-state index in [0.717, 1.165) is 54.5 Å². The van der Waals surface area contributed by atoms with Gasteiger partial charge in [-0.15, -0.1) is 11.3 Å². The van der Waals surface area contributed by atoms with Crippen LogP contribution in [0.2, 0.25) is 0 Å². The Hall–Kier alpha value is -2.94. The highest BCUT2D eigenvalue weighted by Gasteiger charge is 2.30. The van der Waals surface area contributed by atoms with Gasteiger partial charge in [0, 0.05) is 37.1 Å². The number of anilines is 1. The van der Waals surface area contributed by atoms with Crippen molar-refractivity contribution in [2.75, 3.05) is 45.3 Å². The van der Waals surface area contributed by atoms with E-state index in [1.54, 1.807) is 0 Å². The van der Waals surface area contributed by atoms with Crippen molar-refractivity contribution in [2.24, 2.45) is 0 Å². The van der Waals surface area contributed by atoms with Crippen molar-refractivity contribution < 1.29 is 14.3 Å². The molecule has 31 heavy (non-hydrogen) atoms. The highest BCUT2D eigenvalue weighted by molar-refractivity contribution is 7.14. The summed E-state index contributed by atoms with van der Waals surface area (Å²) in [5, 5.41) is 5.58. The Bertz CT molecular complexity index is 1060. The van der Waals surface area contributed by atoms with E-state index in [2.05, 4.69) is 27.1 Å². The quantitative estimate of drug-likeness (QED) is 0.661. The van der Waals surface area contributed by atoms with Gasteiger partial charge in [0.15, 0.2) is 16.6 Å². The number of rotatable bonds is 5. The van der Waals surface area contributed by atoms with Gasteiger partial charge >= 0.3 is 0 Å². The number of likely N-dealkylation sites (N-methyl/N-ethyl adjacent to an activating group) is 1. The highest BCUT2D eigenvalue weighted by Crippen LogP contribution is 2.36. The molecule has 3 heterocycles. The summed E-state index contributed by atoms with van der Waals surface area (Å²) in [5.74, 6) is 1.41. The van der Waals surface area contributed by atoms with Crippen LogP contribution in [0.3, 0.4) is 0 Å². The lowest BCUT2D eigenvalue weighted by Crippen LogP contribution is -2.48. The maximum Gasteiger partial charge on any atom is 0.248 e. The number of aromatic nitrogens is 1. The number of ether oxygens (including phenoxy) is 2. The molecule has 5 rings (SSSR count). The third-order valence-electron chi connectivity index (χ3n) is 5.67. The number of amides is 1. The Kier molecular flexibility index (Phi) is 5.59. The van der Waals surface area contributed by atoms with Crippen LogP contribution >= 0.6 is 11.3 Å². The lowest BCUT2D eigenvalue weighted by Gasteiger charge is -2.37. The van der Waals surface area contributed by atoms with Crippen molar-refractivity contribution in [3.05, 3.63) is 59.5 Å². The minimum Gasteiger partial charge on any atom is -0.454 e. The number of hydrogen-bond acceptors (Lipinski definition) is 7. The number of carbonyl (C=O) groups is 1. The van der Waals surface area contributed by atoms with Crippen LogP contribution in [0.4, 0.5) is 5.13 Å². The third-order valence-corrected chi connectivity index (χ3v) is 6.43. The van der Waals surface area contributed by atoms with Gasteiger partial charge in [-0.25, -0.2) is 4.98 Å². The molecule has 0 saturated carbocycles. The Morgan fingerprint density at radius 1 is 1.06 bits per heavy atom. The van der Waals surface area contributed by atoms with E-state index < -0.39 is 0 Å². The molecular formula is C23H24N4O3S. The second-order valence-electron chi connectivity index (χ2n) is 7.75. The second-order valence-corrected chi connectivity index (χ2v) is 8.61. The zero-order valence-corrected chi connectivity index (χ0v) is 18.1. The van der Waals surface area contributed by atoms with E-state index in [0.29, 0.717) is 5.13 Å². The average molecular weight is 437 g/mol. The number of nitrogens with one attached hydrogen (secondary N) is 1. The first-order valence-electron chi connectivity index (χ1n) is 10.3. The van der Waals surface area contributed by atoms with Gasteiger partial charge in [-0.05, 0) is 30.8 Å². The summed E-state index contributed by atoms with van der Waals surface area (Å²) < 4.78 is 10.8. The van der Waals surface area contributed by atoms with E-state index in [1.165, 1.54) is 11.3 Å². The standard InChI is InChI=1S/C23H24N4O3S/c1-26-9-11-27(12-10-26)21(16-5-3-2-4-6-16)22(28)25-23-24-18(14-31-23)17-7-8-19-20(13-17)30-15-29-19/h2-8,13-14,21H,9-12,15H2,1H3,(H,24,25,28). The van der Waals surface area contributed by atoms with Crippen molar-refractivity contribution >= 4 is 22.4 Å². The molecule has 0 bridgehead atoms. The first kappa shape index (κ1) is 20.0. The molecular weight excluding hydrogens is 412 g/mol. The number of nitrogens with zero attached hydrogens (tertiary/aromatic N) is 3. The summed E-state index contributed by atoms with van der Waals surface area (Å²) in [6.45, 7) is 3.84. The molecule has 0 aliphatic carbocycles. The SMILES string of the molecule is CN1CCN(C(C(=O)Nc2nc(-c3ccc4c(c3)OCO4)cs2)c2ccccc2)CC1. The van der Waals surface area contributed by atoms with Gasteiger partial charge in [-0.1, -0.05) is 30.3 Å². The molecule has 1 unspecified atom stereocenters. The highest BCUT2D eigenvalue weighted by atomic mass is 32.1. The Balaban J connectivity index is 1.35. The predicted molar refractivity (Wildman–Crippen MR) is 121 cm³/mol. The van der Waals surface area contributed by atoms with Gasteiger partial charge in [-0.3, -0.25) is 9.69 Å². The average Bonchev–Trinajstić information content (AvgIpc) is 3.45. The molecule has 0 spiro atoms. The fourth-order valence-electron chi connectivity index (χ4n) is 3.94. The Morgan fingerprint density at radius 2 is 1.84 bits per heavy atom. The first-order chi connectivity index (χ1) is 15.2. The van der Waals surface area contributed by atoms with Crippen LogP contribution in [0.15, 0.2) is 53.9 Å². The van der Waals surface area contributed by atoms with E-state index in [1.807, 2.05) is 53.9 Å². The van der Waals surface area contributed by atoms with Crippen LogP contribution in [0, 0.1) is 0 Å². The van der Waals surface area contributed by atoms with Crippen LogP contribution in [-0.2, 0) is 4.79 Å². The van der Waals surface area contributed by atoms with Crippen molar-refractivity contribution in [1.82, 2.24) is 14.8 Å². The molecule has 0 radical (unpaired) electrons. The summed E-state index contributed by atoms with van der Waals surface area (Å²) >= 11 is 1.42. The van der Waals surface area contributed by atoms with E-state index >= 15 is 0 Å². The summed E-state index contributed by atoms with van der Waals surface area (Å²) in [5.41, 5.74) is 2.73. The van der Waals surface area contributed by atoms with Gasteiger partial charge in [0.1, 0.15) is 6.04 Å². The summed E-state index contributed by atoms with van der Waals surface area (Å²) in [6.07, 6.45) is 0. The van der Waals surface area contributed by atoms with Gasteiger partial charge in [0.2, 0.25) is 12.7 Å². The molecule has 1 atom stereocenters. The minimum atomic E-state index is -0.340. The molecule has 1 amide bonds. The van der Waals surface area contributed by atoms with Crippen molar-refractivity contribution in [3.63, 3.8) is 0 Å². The van der Waals surface area contributed by atoms with Crippen molar-refractivity contribution in [3.8, 4) is 22.8 Å². The lowest BCUT2D eigenvalue weighted by atomic mass is 10.0. The minimum absolute atomic E-state index is 0.0534. The topological polar surface area (TPSA) is 66.9 Å². The fraction of sp³-hybridized carbons (Fsp3) is 0.304. The molecule has 2 aliphatic heterocycles. The van der Waals surface area contributed by atoms with E-state index in [-0.39, 0.29) is 18.7 Å². The summed E-state index contributed by atoms with van der Waals surface area (Å²) in [7, 11) is 2.11. The molecule has 1 saturated heterocycles. The van der Waals surface area contributed by atoms with Gasteiger partial charge in [0.25, 0.3) is 0 Å². The number of hydrogen-bond donors (Lipinski definition) is 1. The smallest absolute Gasteiger partial charge is 0.248 e. The van der Waals surface area contributed by atoms with Crippen LogP contribution in [-0.4, -0.2) is 60.7 Å². The van der Waals surface area contributed by atoms with Crippen LogP contribution in [0.1, 0.15) is 11.6 Å². The zero-order chi connectivity index (χ0) is 21.2. The largest absolute Gasteiger partial charge is 0.454 e. The van der Waals surface area contributed by atoms with Crippen LogP contribution in [0.5, 0.6) is 11.5 Å². The summed E-state index contributed by atoms with van der Waals surface area (Å²) in [6, 6.07) is 15.4.